The highest BCUT2D eigenvalue weighted by molar-refractivity contribution is 7.53. The smallest absolute Gasteiger partial charge is 0.461 e. The number of ether oxygens (including phenoxy) is 1. The van der Waals surface area contributed by atoms with Gasteiger partial charge in [-0.2, -0.15) is 0 Å². The van der Waals surface area contributed by atoms with Crippen LogP contribution in [0.1, 0.15) is 15.9 Å². The van der Waals surface area contributed by atoms with E-state index in [4.69, 9.17) is 18.4 Å². The van der Waals surface area contributed by atoms with Gasteiger partial charge in [-0.3, -0.25) is 4.57 Å². The van der Waals surface area contributed by atoms with E-state index in [1.54, 1.807) is 0 Å². The highest BCUT2D eigenvalue weighted by atomic mass is 31.2. The first-order chi connectivity index (χ1) is 10.4. The average Bonchev–Trinajstić information content (AvgIpc) is 2.86. The van der Waals surface area contributed by atoms with Crippen LogP contribution in [0.25, 0.3) is 0 Å². The first-order valence-corrected chi connectivity index (χ1v) is 8.12. The predicted octanol–water partition coefficient (Wildman–Crippen LogP) is 0.686. The van der Waals surface area contributed by atoms with E-state index in [1.807, 2.05) is 0 Å². The molecule has 0 aliphatic carbocycles. The normalized spacial score (nSPS) is 14.1. The summed E-state index contributed by atoms with van der Waals surface area (Å²) in [5.41, 5.74) is 0.477. The Morgan fingerprint density at radius 3 is 2.77 bits per heavy atom. The Morgan fingerprint density at radius 1 is 1.45 bits per heavy atom. The molecule has 0 unspecified atom stereocenters. The molecule has 1 aromatic rings. The second-order valence-electron chi connectivity index (χ2n) is 4.53. The summed E-state index contributed by atoms with van der Waals surface area (Å²) in [6.45, 7) is -0.180. The first-order valence-electron chi connectivity index (χ1n) is 6.40. The number of hydrogen-bond donors (Lipinski definition) is 1. The molecule has 0 bridgehead atoms. The average molecular weight is 332 g/mol. The van der Waals surface area contributed by atoms with E-state index in [9.17, 15) is 18.8 Å². The van der Waals surface area contributed by atoms with Gasteiger partial charge in [0.15, 0.2) is 0 Å². The van der Waals surface area contributed by atoms with Crippen molar-refractivity contribution in [2.75, 3.05) is 27.0 Å². The number of halogens is 1. The SMILES string of the molecule is COP(=O)(CCOC(=O)c1cc2c(cc1F)COB2O)OC. The van der Waals surface area contributed by atoms with Crippen molar-refractivity contribution in [2.45, 2.75) is 6.61 Å². The third-order valence-corrected chi connectivity index (χ3v) is 5.11. The number of carbonyl (C=O) groups excluding carboxylic acids is 1. The van der Waals surface area contributed by atoms with Crippen molar-refractivity contribution in [1.82, 2.24) is 0 Å². The van der Waals surface area contributed by atoms with Gasteiger partial charge >= 0.3 is 20.7 Å². The summed E-state index contributed by atoms with van der Waals surface area (Å²) >= 11 is 0. The lowest BCUT2D eigenvalue weighted by Crippen LogP contribution is -2.29. The maximum absolute atomic E-state index is 13.9. The zero-order valence-corrected chi connectivity index (χ0v) is 13.0. The van der Waals surface area contributed by atoms with Crippen LogP contribution in [0.2, 0.25) is 0 Å². The lowest BCUT2D eigenvalue weighted by molar-refractivity contribution is 0.0519. The molecule has 7 nitrogen and oxygen atoms in total. The fraction of sp³-hybridized carbons (Fsp3) is 0.417. The van der Waals surface area contributed by atoms with Crippen molar-refractivity contribution < 1.29 is 37.2 Å². The topological polar surface area (TPSA) is 91.3 Å². The van der Waals surface area contributed by atoms with Crippen LogP contribution in [0.15, 0.2) is 12.1 Å². The second-order valence-corrected chi connectivity index (χ2v) is 6.93. The standard InChI is InChI=1S/C12H15BFO7P/c1-18-22(17,19-2)4-3-20-12(15)9-6-10-8(5-11(9)14)7-21-13(10)16/h5-6,16H,3-4,7H2,1-2H3. The molecule has 0 fully saturated rings. The van der Waals surface area contributed by atoms with Gasteiger partial charge in [-0.1, -0.05) is 0 Å². The van der Waals surface area contributed by atoms with Crippen molar-refractivity contribution in [3.05, 3.63) is 29.1 Å². The van der Waals surface area contributed by atoms with Gasteiger partial charge in [0.1, 0.15) is 12.4 Å². The van der Waals surface area contributed by atoms with E-state index in [2.05, 4.69) is 0 Å². The molecular weight excluding hydrogens is 317 g/mol. The Bertz CT molecular complexity index is 616. The Morgan fingerprint density at radius 2 is 2.14 bits per heavy atom. The summed E-state index contributed by atoms with van der Waals surface area (Å²) in [6, 6.07) is 2.31. The van der Waals surface area contributed by atoms with Crippen LogP contribution in [0.5, 0.6) is 0 Å². The van der Waals surface area contributed by atoms with Gasteiger partial charge in [-0.05, 0) is 23.2 Å². The predicted molar refractivity (Wildman–Crippen MR) is 75.6 cm³/mol. The zero-order chi connectivity index (χ0) is 16.3. The van der Waals surface area contributed by atoms with Gasteiger partial charge in [0.25, 0.3) is 0 Å². The van der Waals surface area contributed by atoms with Crippen molar-refractivity contribution in [3.8, 4) is 0 Å². The highest BCUT2D eigenvalue weighted by Gasteiger charge is 2.30. The minimum Gasteiger partial charge on any atom is -0.461 e. The van der Waals surface area contributed by atoms with E-state index in [-0.39, 0.29) is 24.9 Å². The maximum Gasteiger partial charge on any atom is 0.491 e. The van der Waals surface area contributed by atoms with Crippen molar-refractivity contribution in [3.63, 3.8) is 0 Å². The van der Waals surface area contributed by atoms with Crippen molar-refractivity contribution in [1.29, 1.82) is 0 Å². The number of benzene rings is 1. The molecule has 1 N–H and O–H groups in total. The number of carbonyl (C=O) groups is 1. The van der Waals surface area contributed by atoms with E-state index in [0.717, 1.165) is 6.07 Å². The molecule has 1 aliphatic rings. The van der Waals surface area contributed by atoms with Gasteiger partial charge < -0.3 is 23.5 Å². The summed E-state index contributed by atoms with van der Waals surface area (Å²) < 4.78 is 44.8. The van der Waals surface area contributed by atoms with E-state index < -0.39 is 26.5 Å². The van der Waals surface area contributed by atoms with Crippen molar-refractivity contribution in [2.24, 2.45) is 0 Å². The zero-order valence-electron chi connectivity index (χ0n) is 12.1. The lowest BCUT2D eigenvalue weighted by Gasteiger charge is -2.13. The van der Waals surface area contributed by atoms with Crippen LogP contribution in [-0.4, -0.2) is 45.1 Å². The molecule has 1 heterocycles. The number of fused-ring (bicyclic) bond motifs is 1. The summed E-state index contributed by atoms with van der Waals surface area (Å²) in [5, 5.41) is 9.56. The third-order valence-electron chi connectivity index (χ3n) is 3.27. The van der Waals surface area contributed by atoms with E-state index in [1.165, 1.54) is 20.3 Å². The Hall–Kier alpha value is -1.25. The summed E-state index contributed by atoms with van der Waals surface area (Å²) in [4.78, 5) is 11.9. The monoisotopic (exact) mass is 332 g/mol. The van der Waals surface area contributed by atoms with Crippen LogP contribution in [0, 0.1) is 5.82 Å². The molecule has 0 saturated heterocycles. The number of rotatable bonds is 6. The van der Waals surface area contributed by atoms with Crippen LogP contribution in [-0.2, 0) is 29.6 Å². The van der Waals surface area contributed by atoms with Gasteiger partial charge in [-0.15, -0.1) is 0 Å². The van der Waals surface area contributed by atoms with Gasteiger partial charge in [0, 0.05) is 14.2 Å². The fourth-order valence-electron chi connectivity index (χ4n) is 1.99. The number of esters is 1. The minimum absolute atomic E-state index is 0.0770. The highest BCUT2D eigenvalue weighted by Crippen LogP contribution is 2.45. The molecule has 0 atom stereocenters. The molecule has 1 aromatic carbocycles. The van der Waals surface area contributed by atoms with E-state index >= 15 is 0 Å². The Balaban J connectivity index is 2.05. The summed E-state index contributed by atoms with van der Waals surface area (Å²) in [7, 11) is -2.05. The summed E-state index contributed by atoms with van der Waals surface area (Å²) in [6.07, 6.45) is -0.149. The van der Waals surface area contributed by atoms with Crippen molar-refractivity contribution >= 4 is 26.1 Å². The van der Waals surface area contributed by atoms with E-state index in [0.29, 0.717) is 11.0 Å². The molecule has 10 heteroatoms. The van der Waals surface area contributed by atoms with Crippen LogP contribution >= 0.6 is 7.60 Å². The molecule has 22 heavy (non-hydrogen) atoms. The Kier molecular flexibility index (Phi) is 5.36. The molecule has 1 aliphatic heterocycles. The van der Waals surface area contributed by atoms with Crippen LogP contribution < -0.4 is 5.46 Å². The van der Waals surface area contributed by atoms with Crippen LogP contribution in [0.4, 0.5) is 4.39 Å². The molecule has 120 valence electrons. The van der Waals surface area contributed by atoms with Gasteiger partial charge in [0.05, 0.1) is 18.3 Å². The summed E-state index contributed by atoms with van der Waals surface area (Å²) in [5.74, 6) is -1.71. The first kappa shape index (κ1) is 17.1. The fourth-order valence-corrected chi connectivity index (χ4v) is 2.82. The third kappa shape index (κ3) is 3.56. The lowest BCUT2D eigenvalue weighted by atomic mass is 9.78. The number of hydrogen-bond acceptors (Lipinski definition) is 7. The molecule has 0 radical (unpaired) electrons. The second kappa shape index (κ2) is 6.89. The maximum atomic E-state index is 13.9. The molecular formula is C12H15BFO7P. The molecule has 2 rings (SSSR count). The van der Waals surface area contributed by atoms with Gasteiger partial charge in [0.2, 0.25) is 0 Å². The van der Waals surface area contributed by atoms with Gasteiger partial charge in [-0.25, -0.2) is 9.18 Å². The molecule has 0 amide bonds. The molecule has 0 spiro atoms. The quantitative estimate of drug-likeness (QED) is 0.465. The van der Waals surface area contributed by atoms with Crippen LogP contribution in [0.3, 0.4) is 0 Å². The minimum atomic E-state index is -3.29. The molecule has 0 saturated carbocycles. The molecule has 0 aromatic heterocycles. The largest absolute Gasteiger partial charge is 0.491 e. The Labute approximate surface area is 127 Å².